The molecule has 1 aliphatic heterocycles. The van der Waals surface area contributed by atoms with Crippen molar-refractivity contribution in [2.45, 2.75) is 5.92 Å². The lowest BCUT2D eigenvalue weighted by Gasteiger charge is -2.43. The number of piperidine rings is 1. The molecule has 1 fully saturated rings. The predicted octanol–water partition coefficient (Wildman–Crippen LogP) is 5.11. The van der Waals surface area contributed by atoms with Crippen molar-refractivity contribution in [1.29, 1.82) is 0 Å². The Morgan fingerprint density at radius 3 is 1.95 bits per heavy atom. The molecule has 0 bridgehead atoms. The zero-order valence-electron chi connectivity index (χ0n) is 21.7. The summed E-state index contributed by atoms with van der Waals surface area (Å²) in [5.74, 6) is -1.97. The molecule has 0 spiro atoms. The second-order valence-electron chi connectivity index (χ2n) is 9.44. The molecule has 0 amide bonds. The van der Waals surface area contributed by atoms with Crippen LogP contribution < -0.4 is 14.8 Å². The number of hydrogen-bond acceptors (Lipinski definition) is 6. The van der Waals surface area contributed by atoms with Crippen molar-refractivity contribution >= 4 is 23.2 Å². The maximum atomic E-state index is 15.6. The molecule has 3 aromatic carbocycles. The molecule has 38 heavy (non-hydrogen) atoms. The Bertz CT molecular complexity index is 1230. The fraction of sp³-hybridized carbons (Fsp3) is 0.333. The van der Waals surface area contributed by atoms with Gasteiger partial charge in [0.05, 0.1) is 19.2 Å². The van der Waals surface area contributed by atoms with E-state index in [9.17, 15) is 9.59 Å². The average Bonchev–Trinajstić information content (AvgIpc) is 2.96. The Hall–Kier alpha value is -3.26. The smallest absolute Gasteiger partial charge is 0.167 e. The Kier molecular flexibility index (Phi) is 9.15. The third-order valence-corrected chi connectivity index (χ3v) is 7.47. The van der Waals surface area contributed by atoms with Crippen LogP contribution in [0.25, 0.3) is 0 Å². The standard InChI is InChI=1S/C30H32ClFN2O4/c1-33-13-14-34-17-24(29(35)19-7-4-9-21(15-19)37-2)27(23-11-6-12-26(31)28(23)32)25(18-34)30(36)20-8-5-10-22(16-20)38-3/h4-12,15-16,24-25,27,33H,13-14,17-18H2,1-3H3. The van der Waals surface area contributed by atoms with Gasteiger partial charge < -0.3 is 19.7 Å². The molecule has 2 atom stereocenters. The van der Waals surface area contributed by atoms with E-state index in [2.05, 4.69) is 10.2 Å². The summed E-state index contributed by atoms with van der Waals surface area (Å²) in [6, 6.07) is 18.6. The second-order valence-corrected chi connectivity index (χ2v) is 9.84. The van der Waals surface area contributed by atoms with Crippen molar-refractivity contribution in [1.82, 2.24) is 10.2 Å². The first kappa shape index (κ1) is 27.8. The number of likely N-dealkylation sites (N-methyl/N-ethyl adjacent to an activating group) is 1. The summed E-state index contributed by atoms with van der Waals surface area (Å²) in [5, 5.41) is 3.09. The first-order chi connectivity index (χ1) is 18.4. The van der Waals surface area contributed by atoms with E-state index in [4.69, 9.17) is 21.1 Å². The first-order valence-electron chi connectivity index (χ1n) is 12.5. The molecular formula is C30H32ClFN2O4. The minimum absolute atomic E-state index is 0.0414. The third-order valence-electron chi connectivity index (χ3n) is 7.18. The van der Waals surface area contributed by atoms with Gasteiger partial charge in [-0.1, -0.05) is 48.0 Å². The number of hydrogen-bond donors (Lipinski definition) is 1. The molecule has 0 radical (unpaired) electrons. The minimum Gasteiger partial charge on any atom is -0.497 e. The highest BCUT2D eigenvalue weighted by Gasteiger charge is 2.46. The molecule has 6 nitrogen and oxygen atoms in total. The molecule has 1 heterocycles. The second kappa shape index (κ2) is 12.5. The number of likely N-dealkylation sites (tertiary alicyclic amines) is 1. The lowest BCUT2D eigenvalue weighted by Crippen LogP contribution is -2.51. The third kappa shape index (κ3) is 5.90. The maximum Gasteiger partial charge on any atom is 0.167 e. The van der Waals surface area contributed by atoms with Crippen molar-refractivity contribution in [3.63, 3.8) is 0 Å². The highest BCUT2D eigenvalue weighted by atomic mass is 35.5. The van der Waals surface area contributed by atoms with Crippen LogP contribution >= 0.6 is 11.6 Å². The Labute approximate surface area is 227 Å². The maximum absolute atomic E-state index is 15.6. The number of halogens is 2. The summed E-state index contributed by atoms with van der Waals surface area (Å²) in [7, 11) is 4.93. The number of ketones is 2. The number of ether oxygens (including phenoxy) is 2. The highest BCUT2D eigenvalue weighted by Crippen LogP contribution is 2.43. The highest BCUT2D eigenvalue weighted by molar-refractivity contribution is 6.30. The van der Waals surface area contributed by atoms with Gasteiger partial charge in [-0.15, -0.1) is 0 Å². The van der Waals surface area contributed by atoms with Crippen molar-refractivity contribution in [3.8, 4) is 11.5 Å². The van der Waals surface area contributed by atoms with Gasteiger partial charge in [0.15, 0.2) is 11.6 Å². The fourth-order valence-corrected chi connectivity index (χ4v) is 5.46. The van der Waals surface area contributed by atoms with E-state index in [0.717, 1.165) is 0 Å². The van der Waals surface area contributed by atoms with E-state index in [1.54, 1.807) is 60.7 Å². The lowest BCUT2D eigenvalue weighted by molar-refractivity contribution is 0.0571. The summed E-state index contributed by atoms with van der Waals surface area (Å²) in [6.45, 7) is 2.05. The van der Waals surface area contributed by atoms with Crippen molar-refractivity contribution in [2.24, 2.45) is 11.8 Å². The molecule has 200 valence electrons. The van der Waals surface area contributed by atoms with Crippen LogP contribution in [0.3, 0.4) is 0 Å². The lowest BCUT2D eigenvalue weighted by atomic mass is 9.68. The van der Waals surface area contributed by atoms with Crippen LogP contribution in [0.1, 0.15) is 32.2 Å². The summed E-state index contributed by atoms with van der Waals surface area (Å²) in [5.41, 5.74) is 1.17. The van der Waals surface area contributed by atoms with Gasteiger partial charge in [-0.3, -0.25) is 9.59 Å². The molecule has 0 aliphatic carbocycles. The summed E-state index contributed by atoms with van der Waals surface area (Å²) >= 11 is 6.20. The van der Waals surface area contributed by atoms with Crippen LogP contribution in [0.2, 0.25) is 5.02 Å². The van der Waals surface area contributed by atoms with Gasteiger partial charge in [0.25, 0.3) is 0 Å². The number of nitrogens with zero attached hydrogens (tertiary/aromatic N) is 1. The van der Waals surface area contributed by atoms with Gasteiger partial charge in [0.2, 0.25) is 0 Å². The Balaban J connectivity index is 1.85. The molecule has 1 saturated heterocycles. The van der Waals surface area contributed by atoms with Crippen LogP contribution in [0, 0.1) is 17.7 Å². The van der Waals surface area contributed by atoms with Gasteiger partial charge in [-0.2, -0.15) is 0 Å². The fourth-order valence-electron chi connectivity index (χ4n) is 5.28. The first-order valence-corrected chi connectivity index (χ1v) is 12.9. The van der Waals surface area contributed by atoms with E-state index in [1.807, 2.05) is 7.05 Å². The summed E-state index contributed by atoms with van der Waals surface area (Å²) in [6.07, 6.45) is 0. The number of rotatable bonds is 10. The quantitative estimate of drug-likeness (QED) is 0.362. The molecule has 8 heteroatoms. The van der Waals surface area contributed by atoms with Crippen LogP contribution in [0.4, 0.5) is 4.39 Å². The van der Waals surface area contributed by atoms with Gasteiger partial charge in [0, 0.05) is 55.1 Å². The Morgan fingerprint density at radius 2 is 1.45 bits per heavy atom. The van der Waals surface area contributed by atoms with Crippen molar-refractivity contribution < 1.29 is 23.5 Å². The molecule has 4 rings (SSSR count). The van der Waals surface area contributed by atoms with E-state index in [0.29, 0.717) is 48.8 Å². The van der Waals surface area contributed by atoms with E-state index in [-0.39, 0.29) is 22.2 Å². The molecule has 0 saturated carbocycles. The largest absolute Gasteiger partial charge is 0.497 e. The molecule has 1 aliphatic rings. The zero-order valence-corrected chi connectivity index (χ0v) is 22.5. The monoisotopic (exact) mass is 538 g/mol. The number of methoxy groups -OCH3 is 2. The Morgan fingerprint density at radius 1 is 0.921 bits per heavy atom. The topological polar surface area (TPSA) is 67.9 Å². The van der Waals surface area contributed by atoms with Gasteiger partial charge in [0.1, 0.15) is 17.3 Å². The molecule has 3 aromatic rings. The number of nitrogens with one attached hydrogen (secondary N) is 1. The van der Waals surface area contributed by atoms with Gasteiger partial charge in [-0.05, 0) is 42.9 Å². The predicted molar refractivity (Wildman–Crippen MR) is 146 cm³/mol. The number of benzene rings is 3. The molecule has 1 N–H and O–H groups in total. The minimum atomic E-state index is -0.725. The number of carbonyl (C=O) groups excluding carboxylic acids is 2. The average molecular weight is 539 g/mol. The van der Waals surface area contributed by atoms with Crippen LogP contribution in [0.5, 0.6) is 11.5 Å². The van der Waals surface area contributed by atoms with Crippen molar-refractivity contribution in [3.05, 3.63) is 94.3 Å². The summed E-state index contributed by atoms with van der Waals surface area (Å²) < 4.78 is 26.3. The molecule has 0 aromatic heterocycles. The van der Waals surface area contributed by atoms with Crippen LogP contribution in [-0.4, -0.2) is 63.9 Å². The van der Waals surface area contributed by atoms with Crippen molar-refractivity contribution in [2.75, 3.05) is 47.4 Å². The van der Waals surface area contributed by atoms with Crippen LogP contribution in [-0.2, 0) is 0 Å². The van der Waals surface area contributed by atoms with E-state index < -0.39 is 23.6 Å². The SMILES string of the molecule is CNCCN1CC(C(=O)c2cccc(OC)c2)C(c2cccc(Cl)c2F)C(C(=O)c2cccc(OC)c2)C1. The summed E-state index contributed by atoms with van der Waals surface area (Å²) in [4.78, 5) is 30.3. The van der Waals surface area contributed by atoms with Gasteiger partial charge >= 0.3 is 0 Å². The zero-order chi connectivity index (χ0) is 27.2. The van der Waals surface area contributed by atoms with Gasteiger partial charge in [-0.25, -0.2) is 4.39 Å². The molecular weight excluding hydrogens is 507 g/mol. The number of carbonyl (C=O) groups is 2. The van der Waals surface area contributed by atoms with Crippen LogP contribution in [0.15, 0.2) is 66.7 Å². The molecule has 2 unspecified atom stereocenters. The van der Waals surface area contributed by atoms with E-state index >= 15 is 4.39 Å². The normalized spacial score (nSPS) is 19.7. The number of Topliss-reactive ketones (excluding diaryl/α,β-unsaturated/α-hetero) is 2. The van der Waals surface area contributed by atoms with E-state index in [1.165, 1.54) is 20.3 Å².